The minimum Gasteiger partial charge on any atom is -0.287 e. The summed E-state index contributed by atoms with van der Waals surface area (Å²) in [5, 5.41) is 0.862. The smallest absolute Gasteiger partial charge is 0.138 e. The van der Waals surface area contributed by atoms with Crippen molar-refractivity contribution in [1.29, 1.82) is 0 Å². The van der Waals surface area contributed by atoms with Crippen LogP contribution in [-0.4, -0.2) is 9.38 Å². The van der Waals surface area contributed by atoms with E-state index in [1.54, 1.807) is 12.3 Å². The van der Waals surface area contributed by atoms with Crippen LogP contribution in [0.4, 0.5) is 4.39 Å². The summed E-state index contributed by atoms with van der Waals surface area (Å²) in [5.41, 5.74) is 1.79. The molecule has 3 rings (SSSR count). The quantitative estimate of drug-likeness (QED) is 0.609. The zero-order valence-electron chi connectivity index (χ0n) is 7.61. The Bertz CT molecular complexity index is 660. The van der Waals surface area contributed by atoms with E-state index in [0.29, 0.717) is 0 Å². The Morgan fingerprint density at radius 2 is 2.07 bits per heavy atom. The van der Waals surface area contributed by atoms with E-state index in [-0.39, 0.29) is 5.82 Å². The summed E-state index contributed by atoms with van der Waals surface area (Å²) in [4.78, 5) is 4.21. The van der Waals surface area contributed by atoms with Crippen LogP contribution in [0.1, 0.15) is 0 Å². The molecule has 4 heteroatoms. The van der Waals surface area contributed by atoms with E-state index in [2.05, 4.69) is 20.9 Å². The Balaban J connectivity index is 2.58. The van der Waals surface area contributed by atoms with Crippen LogP contribution in [0.15, 0.2) is 41.1 Å². The first-order chi connectivity index (χ1) is 7.25. The van der Waals surface area contributed by atoms with Crippen LogP contribution < -0.4 is 0 Å². The number of rotatable bonds is 0. The van der Waals surface area contributed by atoms with Crippen molar-refractivity contribution in [2.24, 2.45) is 0 Å². The highest BCUT2D eigenvalue weighted by Crippen LogP contribution is 2.22. The average Bonchev–Trinajstić information content (AvgIpc) is 2.60. The Labute approximate surface area is 93.5 Å². The van der Waals surface area contributed by atoms with Gasteiger partial charge >= 0.3 is 0 Å². The maximum absolute atomic E-state index is 13.0. The highest BCUT2D eigenvalue weighted by Gasteiger charge is 2.04. The van der Waals surface area contributed by atoms with Gasteiger partial charge in [-0.1, -0.05) is 0 Å². The number of fused-ring (bicyclic) bond motifs is 3. The van der Waals surface area contributed by atoms with Gasteiger partial charge in [0.15, 0.2) is 0 Å². The fraction of sp³-hybridized carbons (Fsp3) is 0. The Morgan fingerprint density at radius 1 is 1.20 bits per heavy atom. The van der Waals surface area contributed by atoms with Crippen LogP contribution in [0.5, 0.6) is 0 Å². The average molecular weight is 265 g/mol. The van der Waals surface area contributed by atoms with E-state index in [1.165, 1.54) is 12.1 Å². The van der Waals surface area contributed by atoms with Gasteiger partial charge in [0.05, 0.1) is 11.7 Å². The van der Waals surface area contributed by atoms with Crippen LogP contribution in [-0.2, 0) is 0 Å². The summed E-state index contributed by atoms with van der Waals surface area (Å²) in [6, 6.07) is 8.46. The van der Waals surface area contributed by atoms with Gasteiger partial charge in [0.1, 0.15) is 16.1 Å². The molecule has 0 saturated carbocycles. The number of aromatic nitrogens is 2. The molecule has 0 radical (unpaired) electrons. The van der Waals surface area contributed by atoms with Gasteiger partial charge in [-0.3, -0.25) is 4.40 Å². The SMILES string of the molecule is Fc1ccc2c(ccc3ncc(Br)n32)c1. The molecule has 0 aliphatic carbocycles. The summed E-state index contributed by atoms with van der Waals surface area (Å²) in [5.74, 6) is -0.224. The summed E-state index contributed by atoms with van der Waals surface area (Å²) < 4.78 is 15.8. The summed E-state index contributed by atoms with van der Waals surface area (Å²) in [7, 11) is 0. The predicted molar refractivity (Wildman–Crippen MR) is 60.4 cm³/mol. The molecular formula is C11H6BrFN2. The lowest BCUT2D eigenvalue weighted by Gasteiger charge is -2.02. The molecule has 15 heavy (non-hydrogen) atoms. The number of hydrogen-bond donors (Lipinski definition) is 0. The lowest BCUT2D eigenvalue weighted by atomic mass is 10.2. The van der Waals surface area contributed by atoms with Crippen LogP contribution >= 0.6 is 15.9 Å². The lowest BCUT2D eigenvalue weighted by Crippen LogP contribution is -1.88. The van der Waals surface area contributed by atoms with Crippen molar-refractivity contribution >= 4 is 32.5 Å². The molecule has 2 nitrogen and oxygen atoms in total. The van der Waals surface area contributed by atoms with Crippen LogP contribution in [0.3, 0.4) is 0 Å². The van der Waals surface area contributed by atoms with Crippen molar-refractivity contribution in [2.45, 2.75) is 0 Å². The van der Waals surface area contributed by atoms with Crippen LogP contribution in [0, 0.1) is 5.82 Å². The second kappa shape index (κ2) is 3.03. The van der Waals surface area contributed by atoms with E-state index in [9.17, 15) is 4.39 Å². The standard InChI is InChI=1S/C11H6BrFN2/c12-10-6-14-11-4-1-7-5-8(13)2-3-9(7)15(10)11/h1-6H. The molecule has 2 heterocycles. The van der Waals surface area contributed by atoms with Gasteiger partial charge in [0, 0.05) is 5.39 Å². The second-order valence-corrected chi connectivity index (χ2v) is 4.12. The fourth-order valence-corrected chi connectivity index (χ4v) is 2.20. The monoisotopic (exact) mass is 264 g/mol. The molecule has 3 aromatic rings. The minimum absolute atomic E-state index is 0.224. The topological polar surface area (TPSA) is 17.3 Å². The van der Waals surface area contributed by atoms with Crippen LogP contribution in [0.2, 0.25) is 0 Å². The van der Waals surface area contributed by atoms with Gasteiger partial charge in [-0.05, 0) is 46.3 Å². The van der Waals surface area contributed by atoms with Gasteiger partial charge in [-0.15, -0.1) is 0 Å². The molecule has 0 aliphatic heterocycles. The molecular weight excluding hydrogens is 259 g/mol. The molecule has 1 aromatic carbocycles. The maximum Gasteiger partial charge on any atom is 0.138 e. The largest absolute Gasteiger partial charge is 0.287 e. The molecule has 0 unspecified atom stereocenters. The van der Waals surface area contributed by atoms with E-state index >= 15 is 0 Å². The molecule has 0 N–H and O–H groups in total. The van der Waals surface area contributed by atoms with Gasteiger partial charge in [0.25, 0.3) is 0 Å². The van der Waals surface area contributed by atoms with Gasteiger partial charge in [0.2, 0.25) is 0 Å². The summed E-state index contributed by atoms with van der Waals surface area (Å²) in [6.07, 6.45) is 1.73. The Hall–Kier alpha value is -1.42. The van der Waals surface area contributed by atoms with E-state index < -0.39 is 0 Å². The Kier molecular flexibility index (Phi) is 1.79. The third-order valence-corrected chi connectivity index (χ3v) is 2.95. The van der Waals surface area contributed by atoms with E-state index in [0.717, 1.165) is 21.2 Å². The van der Waals surface area contributed by atoms with Crippen LogP contribution in [0.25, 0.3) is 16.6 Å². The van der Waals surface area contributed by atoms with Crippen molar-refractivity contribution in [2.75, 3.05) is 0 Å². The first-order valence-electron chi connectivity index (χ1n) is 4.47. The molecule has 0 spiro atoms. The van der Waals surface area contributed by atoms with E-state index in [4.69, 9.17) is 0 Å². The first kappa shape index (κ1) is 8.85. The number of pyridine rings is 1. The Morgan fingerprint density at radius 3 is 2.93 bits per heavy atom. The number of hydrogen-bond acceptors (Lipinski definition) is 1. The van der Waals surface area contributed by atoms with Crippen molar-refractivity contribution in [1.82, 2.24) is 9.38 Å². The summed E-state index contributed by atoms with van der Waals surface area (Å²) in [6.45, 7) is 0. The van der Waals surface area contributed by atoms with Gasteiger partial charge in [-0.2, -0.15) is 0 Å². The van der Waals surface area contributed by atoms with Crippen molar-refractivity contribution in [3.63, 3.8) is 0 Å². The third-order valence-electron chi connectivity index (χ3n) is 2.39. The number of nitrogens with zero attached hydrogens (tertiary/aromatic N) is 2. The number of halogens is 2. The molecule has 0 aliphatic rings. The number of benzene rings is 1. The second-order valence-electron chi connectivity index (χ2n) is 3.31. The molecule has 0 amide bonds. The zero-order valence-corrected chi connectivity index (χ0v) is 9.20. The lowest BCUT2D eigenvalue weighted by molar-refractivity contribution is 0.629. The highest BCUT2D eigenvalue weighted by molar-refractivity contribution is 9.10. The van der Waals surface area contributed by atoms with Gasteiger partial charge in [-0.25, -0.2) is 9.37 Å². The molecule has 74 valence electrons. The predicted octanol–water partition coefficient (Wildman–Crippen LogP) is 3.39. The zero-order chi connectivity index (χ0) is 10.4. The highest BCUT2D eigenvalue weighted by atomic mass is 79.9. The van der Waals surface area contributed by atoms with E-state index in [1.807, 2.05) is 16.5 Å². The number of imidazole rings is 1. The maximum atomic E-state index is 13.0. The van der Waals surface area contributed by atoms with Crippen molar-refractivity contribution in [3.8, 4) is 0 Å². The normalized spacial score (nSPS) is 11.3. The first-order valence-corrected chi connectivity index (χ1v) is 5.26. The van der Waals surface area contributed by atoms with Gasteiger partial charge < -0.3 is 0 Å². The van der Waals surface area contributed by atoms with Crippen molar-refractivity contribution < 1.29 is 4.39 Å². The summed E-state index contributed by atoms with van der Waals surface area (Å²) >= 11 is 3.41. The minimum atomic E-state index is -0.224. The molecule has 0 fully saturated rings. The third kappa shape index (κ3) is 1.25. The molecule has 0 bridgehead atoms. The molecule has 0 saturated heterocycles. The molecule has 0 atom stereocenters. The molecule has 2 aromatic heterocycles. The fourth-order valence-electron chi connectivity index (χ4n) is 1.73. The van der Waals surface area contributed by atoms with Crippen molar-refractivity contribution in [3.05, 3.63) is 46.9 Å².